The van der Waals surface area contributed by atoms with Crippen molar-refractivity contribution >= 4 is 51.9 Å². The largest absolute Gasteiger partial charge is 0.355 e. The van der Waals surface area contributed by atoms with Gasteiger partial charge in [0.05, 0.1) is 56.1 Å². The summed E-state index contributed by atoms with van der Waals surface area (Å²) < 4.78 is 0. The smallest absolute Gasteiger partial charge is 0.127 e. The summed E-state index contributed by atoms with van der Waals surface area (Å²) in [7, 11) is 0. The van der Waals surface area contributed by atoms with Gasteiger partial charge in [-0.3, -0.25) is 0 Å². The second kappa shape index (κ2) is 7.79. The van der Waals surface area contributed by atoms with Crippen molar-refractivity contribution in [2.24, 2.45) is 15.0 Å². The van der Waals surface area contributed by atoms with E-state index in [9.17, 15) is 0 Å². The summed E-state index contributed by atoms with van der Waals surface area (Å²) in [5.74, 6) is 0. The normalized spacial score (nSPS) is 22.2. The maximum absolute atomic E-state index is 4.92. The Morgan fingerprint density at radius 3 is 2.41 bits per heavy atom. The van der Waals surface area contributed by atoms with Crippen LogP contribution in [0.4, 0.5) is 0 Å². The number of thiazole rings is 1. The summed E-state index contributed by atoms with van der Waals surface area (Å²) in [5, 5.41) is 9.29. The summed E-state index contributed by atoms with van der Waals surface area (Å²) in [4.78, 5) is 22.8. The van der Waals surface area contributed by atoms with Gasteiger partial charge in [-0.15, -0.1) is 11.3 Å². The molecule has 2 N–H and O–H groups in total. The molecule has 0 spiro atoms. The lowest BCUT2D eigenvalue weighted by atomic mass is 10.1. The van der Waals surface area contributed by atoms with Crippen LogP contribution in [0.15, 0.2) is 121 Å². The molecule has 0 amide bonds. The number of hydrogen-bond donors (Lipinski definition) is 2. The summed E-state index contributed by atoms with van der Waals surface area (Å²) in [5.41, 5.74) is 9.16. The monoisotopic (exact) mass is 476 g/mol. The lowest BCUT2D eigenvalue weighted by Gasteiger charge is -2.09. The van der Waals surface area contributed by atoms with Crippen molar-refractivity contribution < 1.29 is 0 Å². The molecule has 0 saturated carbocycles. The molecule has 2 aromatic rings. The molecular weight excluding hydrogens is 460 g/mol. The molecule has 5 aliphatic rings. The van der Waals surface area contributed by atoms with Crippen LogP contribution < -0.4 is 5.32 Å². The van der Waals surface area contributed by atoms with Crippen LogP contribution in [0, 0.1) is 0 Å². The Labute approximate surface area is 203 Å². The van der Waals surface area contributed by atoms with Crippen molar-refractivity contribution in [3.05, 3.63) is 122 Å². The minimum atomic E-state index is 0.858. The second-order valence-corrected chi connectivity index (χ2v) is 9.67. The number of allylic oxidation sites excluding steroid dienone is 8. The van der Waals surface area contributed by atoms with Gasteiger partial charge in [-0.05, 0) is 66.1 Å². The third kappa shape index (κ3) is 3.35. The first-order valence-corrected chi connectivity index (χ1v) is 12.5. The highest BCUT2D eigenvalue weighted by atomic mass is 32.2. The molecule has 0 unspecified atom stereocenters. The molecule has 8 heteroatoms. The molecule has 0 radical (unpaired) electrons. The average molecular weight is 477 g/mol. The van der Waals surface area contributed by atoms with Gasteiger partial charge >= 0.3 is 0 Å². The molecule has 7 heterocycles. The van der Waals surface area contributed by atoms with Crippen molar-refractivity contribution in [3.63, 3.8) is 0 Å². The van der Waals surface area contributed by atoms with Gasteiger partial charge < -0.3 is 10.3 Å². The number of hydrogen-bond acceptors (Lipinski definition) is 7. The number of nitrogens with one attached hydrogen (secondary N) is 2. The first-order valence-electron chi connectivity index (χ1n) is 10.7. The molecule has 0 atom stereocenters. The molecule has 0 aliphatic carbocycles. The number of thioether (sulfide) groups is 1. The SMILES string of the molecule is C1=CS/C(=C2\C3=NC(=CC4=NC(=C(c5nccs5)c5ccc([nH]5)C=C5C=CC2=N5)C=C4)C=C3)N1. The van der Waals surface area contributed by atoms with E-state index in [4.69, 9.17) is 15.0 Å². The number of aromatic nitrogens is 2. The van der Waals surface area contributed by atoms with Gasteiger partial charge in [0.25, 0.3) is 0 Å². The summed E-state index contributed by atoms with van der Waals surface area (Å²) in [6, 6.07) is 4.14. The predicted molar refractivity (Wildman–Crippen MR) is 142 cm³/mol. The summed E-state index contributed by atoms with van der Waals surface area (Å²) in [6.07, 6.45) is 20.0. The van der Waals surface area contributed by atoms with Crippen LogP contribution in [0.1, 0.15) is 16.4 Å². The van der Waals surface area contributed by atoms with Crippen molar-refractivity contribution in [2.45, 2.75) is 0 Å². The van der Waals surface area contributed by atoms with E-state index in [2.05, 4.69) is 33.5 Å². The maximum Gasteiger partial charge on any atom is 0.127 e. The third-order valence-corrected chi connectivity index (χ3v) is 7.29. The highest BCUT2D eigenvalue weighted by Crippen LogP contribution is 2.33. The van der Waals surface area contributed by atoms with Gasteiger partial charge in [0.15, 0.2) is 0 Å². The van der Waals surface area contributed by atoms with Crippen LogP contribution in [0.25, 0.3) is 11.6 Å². The Bertz CT molecular complexity index is 1570. The first-order chi connectivity index (χ1) is 16.8. The van der Waals surface area contributed by atoms with E-state index in [1.165, 1.54) is 0 Å². The predicted octanol–water partition coefficient (Wildman–Crippen LogP) is 5.52. The highest BCUT2D eigenvalue weighted by molar-refractivity contribution is 8.06. The Morgan fingerprint density at radius 1 is 0.794 bits per heavy atom. The zero-order valence-electron chi connectivity index (χ0n) is 17.7. The number of aromatic amines is 1. The van der Waals surface area contributed by atoms with Crippen LogP contribution >= 0.6 is 23.1 Å². The van der Waals surface area contributed by atoms with Crippen LogP contribution in [-0.4, -0.2) is 27.1 Å². The molecule has 8 bridgehead atoms. The maximum atomic E-state index is 4.92. The third-order valence-electron chi connectivity index (χ3n) is 5.67. The van der Waals surface area contributed by atoms with Crippen LogP contribution in [0.3, 0.4) is 0 Å². The van der Waals surface area contributed by atoms with Crippen molar-refractivity contribution in [1.82, 2.24) is 15.3 Å². The van der Waals surface area contributed by atoms with Crippen molar-refractivity contribution in [1.29, 1.82) is 0 Å². The Kier molecular flexibility index (Phi) is 4.46. The molecule has 6 nitrogen and oxygen atoms in total. The minimum Gasteiger partial charge on any atom is -0.355 e. The molecule has 34 heavy (non-hydrogen) atoms. The Hall–Kier alpha value is -4.01. The number of rotatable bonds is 1. The van der Waals surface area contributed by atoms with E-state index < -0.39 is 0 Å². The standard InChI is InChI=1S/C26H16N6S2/c1-5-19-23(25-27-9-11-33-25)20-7-3-17(31-20)14-18-4-8-22(32-18)24(26-28-10-12-34-26)21-6-2-16(30-21)13-15(1)29-19/h1-14,27,30H/b15-13?,17-14?,24-22?,25-23-. The lowest BCUT2D eigenvalue weighted by molar-refractivity contribution is 1.18. The summed E-state index contributed by atoms with van der Waals surface area (Å²) >= 11 is 3.24. The van der Waals surface area contributed by atoms with Gasteiger partial charge in [0.1, 0.15) is 5.01 Å². The molecule has 5 aliphatic heterocycles. The molecule has 7 rings (SSSR count). The number of H-pyrrole nitrogens is 1. The van der Waals surface area contributed by atoms with Crippen LogP contribution in [0.2, 0.25) is 0 Å². The van der Waals surface area contributed by atoms with Crippen LogP contribution in [-0.2, 0) is 0 Å². The second-order valence-electron chi connectivity index (χ2n) is 7.86. The van der Waals surface area contributed by atoms with Gasteiger partial charge in [0.2, 0.25) is 0 Å². The quantitative estimate of drug-likeness (QED) is 0.569. The van der Waals surface area contributed by atoms with E-state index in [1.54, 1.807) is 23.1 Å². The Balaban J connectivity index is 1.45. The minimum absolute atomic E-state index is 0.858. The molecule has 162 valence electrons. The lowest BCUT2D eigenvalue weighted by Crippen LogP contribution is -2.14. The molecule has 0 aromatic carbocycles. The van der Waals surface area contributed by atoms with E-state index in [1.807, 2.05) is 65.7 Å². The van der Waals surface area contributed by atoms with E-state index in [0.29, 0.717) is 0 Å². The topological polar surface area (TPSA) is 77.8 Å². The number of fused-ring (bicyclic) bond motifs is 5. The van der Waals surface area contributed by atoms with Crippen molar-refractivity contribution in [2.75, 3.05) is 0 Å². The van der Waals surface area contributed by atoms with E-state index in [-0.39, 0.29) is 0 Å². The van der Waals surface area contributed by atoms with Gasteiger partial charge in [-0.1, -0.05) is 11.8 Å². The fourth-order valence-electron chi connectivity index (χ4n) is 4.20. The first kappa shape index (κ1) is 19.5. The zero-order valence-corrected chi connectivity index (χ0v) is 19.3. The average Bonchev–Trinajstić information content (AvgIpc) is 3.67. The van der Waals surface area contributed by atoms with E-state index in [0.717, 1.165) is 66.8 Å². The fraction of sp³-hybridized carbons (Fsp3) is 0. The number of aliphatic imine (C=N–C) groups is 3. The molecular formula is C26H16N6S2. The van der Waals surface area contributed by atoms with Gasteiger partial charge in [-0.25, -0.2) is 20.0 Å². The highest BCUT2D eigenvalue weighted by Gasteiger charge is 2.23. The molecule has 0 fully saturated rings. The Morgan fingerprint density at radius 2 is 1.65 bits per heavy atom. The van der Waals surface area contributed by atoms with Gasteiger partial charge in [0, 0.05) is 23.5 Å². The van der Waals surface area contributed by atoms with Crippen molar-refractivity contribution in [3.8, 4) is 0 Å². The fourth-order valence-corrected chi connectivity index (χ4v) is 5.64. The zero-order chi connectivity index (χ0) is 22.5. The summed E-state index contributed by atoms with van der Waals surface area (Å²) in [6.45, 7) is 0. The van der Waals surface area contributed by atoms with Crippen LogP contribution in [0.5, 0.6) is 0 Å². The van der Waals surface area contributed by atoms with Gasteiger partial charge in [-0.2, -0.15) is 0 Å². The number of nitrogens with zero attached hydrogens (tertiary/aromatic N) is 4. The van der Waals surface area contributed by atoms with E-state index >= 15 is 0 Å². The molecule has 0 saturated heterocycles. The molecule has 2 aromatic heterocycles.